The Labute approximate surface area is 287 Å². The third kappa shape index (κ3) is 10.2. The SMILES string of the molecule is C=C(C)CNC(=O)C1N(C(=O)[C@@H](O)[C@H](Cc2ccccc2)NC(=O)[C@@H](NC(=O)[C@@H](NC(C)=O)c2ccccc2)C(C)(C)C)CSC1(C)C. The van der Waals surface area contributed by atoms with Crippen molar-refractivity contribution < 1.29 is 29.1 Å². The third-order valence-electron chi connectivity index (χ3n) is 8.06. The molecular weight excluding hydrogens is 630 g/mol. The van der Waals surface area contributed by atoms with Gasteiger partial charge in [0, 0.05) is 18.2 Å². The van der Waals surface area contributed by atoms with Gasteiger partial charge in [0.15, 0.2) is 6.10 Å². The largest absolute Gasteiger partial charge is 0.381 e. The van der Waals surface area contributed by atoms with Crippen molar-refractivity contribution in [3.8, 4) is 0 Å². The van der Waals surface area contributed by atoms with E-state index in [0.717, 1.165) is 11.1 Å². The number of nitrogens with zero attached hydrogens (tertiary/aromatic N) is 1. The van der Waals surface area contributed by atoms with E-state index in [4.69, 9.17) is 0 Å². The molecule has 0 spiro atoms. The van der Waals surface area contributed by atoms with Gasteiger partial charge in [0.2, 0.25) is 23.6 Å². The number of hydrogen-bond acceptors (Lipinski definition) is 7. The van der Waals surface area contributed by atoms with E-state index in [2.05, 4.69) is 27.8 Å². The van der Waals surface area contributed by atoms with Crippen molar-refractivity contribution in [2.24, 2.45) is 5.41 Å². The van der Waals surface area contributed by atoms with Crippen LogP contribution in [-0.2, 0) is 30.4 Å². The fourth-order valence-corrected chi connectivity index (χ4v) is 6.66. The molecule has 3 rings (SSSR count). The molecule has 2 aromatic carbocycles. The molecule has 260 valence electrons. The van der Waals surface area contributed by atoms with Gasteiger partial charge in [0.1, 0.15) is 18.1 Å². The normalized spacial score (nSPS) is 18.1. The Morgan fingerprint density at radius 1 is 0.938 bits per heavy atom. The quantitative estimate of drug-likeness (QED) is 0.204. The Morgan fingerprint density at radius 2 is 1.52 bits per heavy atom. The molecule has 0 bridgehead atoms. The van der Waals surface area contributed by atoms with E-state index in [1.165, 1.54) is 23.6 Å². The van der Waals surface area contributed by atoms with Gasteiger partial charge >= 0.3 is 0 Å². The van der Waals surface area contributed by atoms with E-state index < -0.39 is 64.1 Å². The lowest BCUT2D eigenvalue weighted by Crippen LogP contribution is -2.62. The number of hydrogen-bond donors (Lipinski definition) is 5. The Balaban J connectivity index is 1.91. The number of carbonyl (C=O) groups is 5. The Kier molecular flexibility index (Phi) is 13.0. The zero-order valence-corrected chi connectivity index (χ0v) is 29.6. The zero-order chi connectivity index (χ0) is 35.8. The molecule has 1 heterocycles. The molecule has 5 N–H and O–H groups in total. The number of benzene rings is 2. The van der Waals surface area contributed by atoms with Crippen LogP contribution < -0.4 is 21.3 Å². The van der Waals surface area contributed by atoms with Gasteiger partial charge in [-0.25, -0.2) is 0 Å². The average molecular weight is 680 g/mol. The molecule has 1 aliphatic rings. The van der Waals surface area contributed by atoms with Crippen molar-refractivity contribution in [1.82, 2.24) is 26.2 Å². The first-order chi connectivity index (χ1) is 22.4. The standard InChI is InChI=1S/C36H49N5O6S/c1-22(2)20-37-33(46)30-36(7,8)48-21-41(30)34(47)28(43)26(19-24-15-11-9-12-16-24)39-32(45)29(35(4,5)6)40-31(44)27(38-23(3)42)25-17-13-10-14-18-25/h9-18,26-30,43H,1,19-21H2,2-8H3,(H,37,46)(H,38,42)(H,39,45)(H,40,44)/t26-,27-,28-,29+,30?/m0/s1. The predicted molar refractivity (Wildman–Crippen MR) is 187 cm³/mol. The summed E-state index contributed by atoms with van der Waals surface area (Å²) in [6, 6.07) is 13.6. The number of aliphatic hydroxyl groups is 1. The van der Waals surface area contributed by atoms with Crippen molar-refractivity contribution >= 4 is 41.3 Å². The maximum atomic E-state index is 14.1. The smallest absolute Gasteiger partial charge is 0.254 e. The Hall–Kier alpha value is -4.16. The first-order valence-corrected chi connectivity index (χ1v) is 16.9. The highest BCUT2D eigenvalue weighted by Crippen LogP contribution is 2.40. The molecule has 5 atom stereocenters. The summed E-state index contributed by atoms with van der Waals surface area (Å²) >= 11 is 1.42. The highest BCUT2D eigenvalue weighted by molar-refractivity contribution is 8.00. The van der Waals surface area contributed by atoms with Crippen LogP contribution in [0.15, 0.2) is 72.8 Å². The molecule has 5 amide bonds. The first-order valence-electron chi connectivity index (χ1n) is 15.9. The van der Waals surface area contributed by atoms with Gasteiger partial charge in [0.05, 0.1) is 11.9 Å². The monoisotopic (exact) mass is 679 g/mol. The van der Waals surface area contributed by atoms with Crippen LogP contribution in [0, 0.1) is 5.41 Å². The predicted octanol–water partition coefficient (Wildman–Crippen LogP) is 2.86. The summed E-state index contributed by atoms with van der Waals surface area (Å²) in [5.41, 5.74) is 1.23. The first kappa shape index (κ1) is 38.3. The van der Waals surface area contributed by atoms with Gasteiger partial charge in [0.25, 0.3) is 5.91 Å². The Morgan fingerprint density at radius 3 is 2.06 bits per heavy atom. The maximum absolute atomic E-state index is 14.1. The minimum Gasteiger partial charge on any atom is -0.381 e. The lowest BCUT2D eigenvalue weighted by molar-refractivity contribution is -0.148. The third-order valence-corrected chi connectivity index (χ3v) is 9.43. The number of aliphatic hydroxyl groups excluding tert-OH is 1. The van der Waals surface area contributed by atoms with Crippen LogP contribution >= 0.6 is 11.8 Å². The molecule has 1 unspecified atom stereocenters. The second-order valence-corrected chi connectivity index (χ2v) is 15.5. The van der Waals surface area contributed by atoms with Crippen LogP contribution in [0.5, 0.6) is 0 Å². The van der Waals surface area contributed by atoms with Crippen molar-refractivity contribution in [3.63, 3.8) is 0 Å². The van der Waals surface area contributed by atoms with E-state index in [1.807, 2.05) is 44.2 Å². The lowest BCUT2D eigenvalue weighted by Gasteiger charge is -2.35. The topological polar surface area (TPSA) is 157 Å². The van der Waals surface area contributed by atoms with Gasteiger partial charge in [-0.3, -0.25) is 24.0 Å². The van der Waals surface area contributed by atoms with Crippen LogP contribution in [0.2, 0.25) is 0 Å². The van der Waals surface area contributed by atoms with Crippen molar-refractivity contribution in [2.45, 2.75) is 89.9 Å². The minimum absolute atomic E-state index is 0.0970. The van der Waals surface area contributed by atoms with E-state index in [9.17, 15) is 29.1 Å². The molecule has 48 heavy (non-hydrogen) atoms. The van der Waals surface area contributed by atoms with Gasteiger partial charge in [-0.05, 0) is 43.7 Å². The van der Waals surface area contributed by atoms with Crippen LogP contribution in [-0.4, -0.2) is 80.9 Å². The second-order valence-electron chi connectivity index (χ2n) is 13.9. The molecule has 0 radical (unpaired) electrons. The number of carbonyl (C=O) groups excluding carboxylic acids is 5. The van der Waals surface area contributed by atoms with Crippen molar-refractivity contribution in [3.05, 3.63) is 83.9 Å². The molecule has 2 aromatic rings. The van der Waals surface area contributed by atoms with Crippen LogP contribution in [0.1, 0.15) is 65.6 Å². The van der Waals surface area contributed by atoms with E-state index in [1.54, 1.807) is 58.0 Å². The molecule has 12 heteroatoms. The van der Waals surface area contributed by atoms with Gasteiger partial charge in [-0.2, -0.15) is 0 Å². The summed E-state index contributed by atoms with van der Waals surface area (Å²) in [7, 11) is 0. The summed E-state index contributed by atoms with van der Waals surface area (Å²) in [5, 5.41) is 22.8. The van der Waals surface area contributed by atoms with E-state index in [0.29, 0.717) is 5.56 Å². The highest BCUT2D eigenvalue weighted by Gasteiger charge is 2.50. The van der Waals surface area contributed by atoms with E-state index >= 15 is 0 Å². The summed E-state index contributed by atoms with van der Waals surface area (Å²) in [5.74, 6) is -2.52. The number of amides is 5. The van der Waals surface area contributed by atoms with Gasteiger partial charge < -0.3 is 31.3 Å². The molecule has 0 aromatic heterocycles. The summed E-state index contributed by atoms with van der Waals surface area (Å²) in [6.07, 6.45) is -1.62. The summed E-state index contributed by atoms with van der Waals surface area (Å²) in [4.78, 5) is 68.3. The zero-order valence-electron chi connectivity index (χ0n) is 28.8. The van der Waals surface area contributed by atoms with Crippen LogP contribution in [0.25, 0.3) is 0 Å². The summed E-state index contributed by atoms with van der Waals surface area (Å²) < 4.78 is -0.641. The number of rotatable bonds is 13. The second kappa shape index (κ2) is 16.3. The molecule has 11 nitrogen and oxygen atoms in total. The average Bonchev–Trinajstić information content (AvgIpc) is 3.34. The van der Waals surface area contributed by atoms with Crippen LogP contribution in [0.4, 0.5) is 0 Å². The molecule has 1 aliphatic heterocycles. The fraction of sp³-hybridized carbons (Fsp3) is 0.472. The Bertz CT molecular complexity index is 1480. The summed E-state index contributed by atoms with van der Waals surface area (Å²) in [6.45, 7) is 16.2. The van der Waals surface area contributed by atoms with Gasteiger partial charge in [-0.1, -0.05) is 93.6 Å². The molecule has 0 aliphatic carbocycles. The van der Waals surface area contributed by atoms with Crippen molar-refractivity contribution in [1.29, 1.82) is 0 Å². The fourth-order valence-electron chi connectivity index (χ4n) is 5.52. The molecule has 1 saturated heterocycles. The minimum atomic E-state index is -1.71. The number of nitrogens with one attached hydrogen (secondary N) is 4. The molecule has 1 fully saturated rings. The number of thioether (sulfide) groups is 1. The maximum Gasteiger partial charge on any atom is 0.254 e. The van der Waals surface area contributed by atoms with Gasteiger partial charge in [-0.15, -0.1) is 11.8 Å². The highest BCUT2D eigenvalue weighted by atomic mass is 32.2. The molecular formula is C36H49N5O6S. The lowest BCUT2D eigenvalue weighted by atomic mass is 9.85. The van der Waals surface area contributed by atoms with Crippen LogP contribution in [0.3, 0.4) is 0 Å². The van der Waals surface area contributed by atoms with Crippen molar-refractivity contribution in [2.75, 3.05) is 12.4 Å². The molecule has 0 saturated carbocycles. The van der Waals surface area contributed by atoms with E-state index in [-0.39, 0.29) is 24.7 Å².